The summed E-state index contributed by atoms with van der Waals surface area (Å²) in [5, 5.41) is 4.59. The molecule has 2 nitrogen and oxygen atoms in total. The maximum absolute atomic E-state index is 13.9. The zero-order valence-electron chi connectivity index (χ0n) is 11.0. The molecule has 0 amide bonds. The zero-order chi connectivity index (χ0) is 13.5. The summed E-state index contributed by atoms with van der Waals surface area (Å²) in [4.78, 5) is 3.45. The number of halogens is 1. The van der Waals surface area contributed by atoms with Gasteiger partial charge in [-0.2, -0.15) is 0 Å². The minimum Gasteiger partial charge on any atom is -0.357 e. The summed E-state index contributed by atoms with van der Waals surface area (Å²) in [6.45, 7) is 1.89. The van der Waals surface area contributed by atoms with Crippen LogP contribution in [0.2, 0.25) is 0 Å². The SMILES string of the molecule is Fc1ccccc1-c1ccc2[nH]c3c(c2c1)CCNC3. The Balaban J connectivity index is 1.92. The van der Waals surface area contributed by atoms with Crippen LogP contribution < -0.4 is 5.32 Å². The third-order valence-corrected chi connectivity index (χ3v) is 4.03. The van der Waals surface area contributed by atoms with Gasteiger partial charge in [0, 0.05) is 28.7 Å². The van der Waals surface area contributed by atoms with Gasteiger partial charge in [0.1, 0.15) is 5.82 Å². The molecule has 0 fully saturated rings. The molecule has 3 heteroatoms. The van der Waals surface area contributed by atoms with Crippen molar-refractivity contribution in [3.8, 4) is 11.1 Å². The van der Waals surface area contributed by atoms with Gasteiger partial charge in [-0.25, -0.2) is 4.39 Å². The van der Waals surface area contributed by atoms with E-state index >= 15 is 0 Å². The molecule has 3 aromatic rings. The molecule has 100 valence electrons. The molecule has 0 radical (unpaired) electrons. The Morgan fingerprint density at radius 2 is 1.95 bits per heavy atom. The second-order valence-corrected chi connectivity index (χ2v) is 5.25. The number of aromatic amines is 1. The molecule has 0 atom stereocenters. The monoisotopic (exact) mass is 266 g/mol. The number of aromatic nitrogens is 1. The van der Waals surface area contributed by atoms with Crippen molar-refractivity contribution in [2.24, 2.45) is 0 Å². The second-order valence-electron chi connectivity index (χ2n) is 5.25. The van der Waals surface area contributed by atoms with E-state index in [1.54, 1.807) is 6.07 Å². The standard InChI is InChI=1S/C17H15FN2/c18-15-4-2-1-3-12(15)11-5-6-16-14(9-11)13-7-8-19-10-17(13)20-16/h1-6,9,19-20H,7-8,10H2. The van der Waals surface area contributed by atoms with Crippen LogP contribution in [0.15, 0.2) is 42.5 Å². The Labute approximate surface area is 116 Å². The van der Waals surface area contributed by atoms with E-state index in [0.29, 0.717) is 5.56 Å². The molecule has 1 aliphatic heterocycles. The normalized spacial score (nSPS) is 14.4. The lowest BCUT2D eigenvalue weighted by molar-refractivity contribution is 0.631. The van der Waals surface area contributed by atoms with Crippen molar-refractivity contribution in [2.45, 2.75) is 13.0 Å². The molecule has 4 rings (SSSR count). The van der Waals surface area contributed by atoms with Crippen molar-refractivity contribution in [1.82, 2.24) is 10.3 Å². The van der Waals surface area contributed by atoms with Gasteiger partial charge in [0.2, 0.25) is 0 Å². The van der Waals surface area contributed by atoms with E-state index in [0.717, 1.165) is 30.6 Å². The summed E-state index contributed by atoms with van der Waals surface area (Å²) in [5.74, 6) is -0.169. The molecule has 0 spiro atoms. The van der Waals surface area contributed by atoms with Crippen molar-refractivity contribution in [3.63, 3.8) is 0 Å². The highest BCUT2D eigenvalue weighted by atomic mass is 19.1. The van der Waals surface area contributed by atoms with E-state index in [1.165, 1.54) is 22.7 Å². The van der Waals surface area contributed by atoms with Crippen LogP contribution in [0.25, 0.3) is 22.0 Å². The van der Waals surface area contributed by atoms with Crippen LogP contribution in [0.3, 0.4) is 0 Å². The van der Waals surface area contributed by atoms with Gasteiger partial charge in [0.05, 0.1) is 0 Å². The van der Waals surface area contributed by atoms with Crippen molar-refractivity contribution in [3.05, 3.63) is 59.5 Å². The second kappa shape index (κ2) is 4.46. The minimum atomic E-state index is -0.169. The highest BCUT2D eigenvalue weighted by Crippen LogP contribution is 2.30. The molecule has 0 bridgehead atoms. The smallest absolute Gasteiger partial charge is 0.131 e. The Hall–Kier alpha value is -2.13. The lowest BCUT2D eigenvalue weighted by atomic mass is 9.99. The van der Waals surface area contributed by atoms with Gasteiger partial charge in [-0.3, -0.25) is 0 Å². The summed E-state index contributed by atoms with van der Waals surface area (Å²) in [6.07, 6.45) is 1.02. The van der Waals surface area contributed by atoms with Gasteiger partial charge < -0.3 is 10.3 Å². The van der Waals surface area contributed by atoms with Crippen molar-refractivity contribution in [1.29, 1.82) is 0 Å². The van der Waals surface area contributed by atoms with Gasteiger partial charge >= 0.3 is 0 Å². The summed E-state index contributed by atoms with van der Waals surface area (Å²) in [7, 11) is 0. The molecule has 2 N–H and O–H groups in total. The largest absolute Gasteiger partial charge is 0.357 e. The van der Waals surface area contributed by atoms with Gasteiger partial charge in [0.25, 0.3) is 0 Å². The molecule has 0 saturated carbocycles. The Kier molecular flexibility index (Phi) is 2.60. The predicted molar refractivity (Wildman–Crippen MR) is 79.1 cm³/mol. The number of benzene rings is 2. The average molecular weight is 266 g/mol. The van der Waals surface area contributed by atoms with Crippen molar-refractivity contribution in [2.75, 3.05) is 6.54 Å². The van der Waals surface area contributed by atoms with Crippen molar-refractivity contribution >= 4 is 10.9 Å². The van der Waals surface area contributed by atoms with Crippen LogP contribution in [0.5, 0.6) is 0 Å². The molecule has 2 aromatic carbocycles. The fraction of sp³-hybridized carbons (Fsp3) is 0.176. The maximum atomic E-state index is 13.9. The zero-order valence-corrected chi connectivity index (χ0v) is 11.0. The van der Waals surface area contributed by atoms with Crippen LogP contribution in [-0.2, 0) is 13.0 Å². The van der Waals surface area contributed by atoms with E-state index in [4.69, 9.17) is 0 Å². The van der Waals surface area contributed by atoms with E-state index < -0.39 is 0 Å². The average Bonchev–Trinajstić information content (AvgIpc) is 2.85. The van der Waals surface area contributed by atoms with Gasteiger partial charge in [-0.05, 0) is 42.3 Å². The molecular formula is C17H15FN2. The van der Waals surface area contributed by atoms with E-state index in [2.05, 4.69) is 22.4 Å². The number of rotatable bonds is 1. The third kappa shape index (κ3) is 1.74. The Morgan fingerprint density at radius 3 is 2.85 bits per heavy atom. The predicted octanol–water partition coefficient (Wildman–Crippen LogP) is 3.62. The Morgan fingerprint density at radius 1 is 1.05 bits per heavy atom. The fourth-order valence-corrected chi connectivity index (χ4v) is 3.03. The van der Waals surface area contributed by atoms with E-state index in [9.17, 15) is 4.39 Å². The van der Waals surface area contributed by atoms with Crippen LogP contribution >= 0.6 is 0 Å². The number of nitrogens with one attached hydrogen (secondary N) is 2. The highest BCUT2D eigenvalue weighted by Gasteiger charge is 2.15. The maximum Gasteiger partial charge on any atom is 0.131 e. The lowest BCUT2D eigenvalue weighted by Crippen LogP contribution is -2.22. The highest BCUT2D eigenvalue weighted by molar-refractivity contribution is 5.89. The molecule has 2 heterocycles. The van der Waals surface area contributed by atoms with Gasteiger partial charge in [-0.15, -0.1) is 0 Å². The third-order valence-electron chi connectivity index (χ3n) is 4.03. The molecule has 0 unspecified atom stereocenters. The van der Waals surface area contributed by atoms with E-state index in [1.807, 2.05) is 18.2 Å². The number of hydrogen-bond acceptors (Lipinski definition) is 1. The van der Waals surface area contributed by atoms with Gasteiger partial charge in [-0.1, -0.05) is 24.3 Å². The van der Waals surface area contributed by atoms with Crippen LogP contribution in [0.1, 0.15) is 11.3 Å². The molecule has 20 heavy (non-hydrogen) atoms. The Bertz CT molecular complexity index is 789. The first-order valence-corrected chi connectivity index (χ1v) is 6.92. The molecule has 1 aliphatic rings. The molecule has 0 saturated heterocycles. The van der Waals surface area contributed by atoms with Crippen LogP contribution in [0.4, 0.5) is 4.39 Å². The summed E-state index contributed by atoms with van der Waals surface area (Å²) in [5.41, 5.74) is 5.38. The first-order chi connectivity index (χ1) is 9.83. The fourth-order valence-electron chi connectivity index (χ4n) is 3.03. The summed E-state index contributed by atoms with van der Waals surface area (Å²) >= 11 is 0. The van der Waals surface area contributed by atoms with Crippen LogP contribution in [-0.4, -0.2) is 11.5 Å². The number of H-pyrrole nitrogens is 1. The van der Waals surface area contributed by atoms with Crippen molar-refractivity contribution < 1.29 is 4.39 Å². The van der Waals surface area contributed by atoms with E-state index in [-0.39, 0.29) is 5.82 Å². The van der Waals surface area contributed by atoms with Gasteiger partial charge in [0.15, 0.2) is 0 Å². The van der Waals surface area contributed by atoms with Crippen LogP contribution in [0, 0.1) is 5.82 Å². The summed E-state index contributed by atoms with van der Waals surface area (Å²) < 4.78 is 13.9. The topological polar surface area (TPSA) is 27.8 Å². The molecule has 0 aliphatic carbocycles. The minimum absolute atomic E-state index is 0.169. The number of fused-ring (bicyclic) bond motifs is 3. The number of hydrogen-bond donors (Lipinski definition) is 2. The quantitative estimate of drug-likeness (QED) is 0.691. The first kappa shape index (κ1) is 11.7. The lowest BCUT2D eigenvalue weighted by Gasteiger charge is -2.12. The molecular weight excluding hydrogens is 251 g/mol. The first-order valence-electron chi connectivity index (χ1n) is 6.92. The molecule has 1 aromatic heterocycles. The summed E-state index contributed by atoms with van der Waals surface area (Å²) in [6, 6.07) is 13.1.